The third kappa shape index (κ3) is 3.17. The Balaban J connectivity index is 1.70. The number of hydrogen-bond acceptors (Lipinski definition) is 4. The summed E-state index contributed by atoms with van der Waals surface area (Å²) in [7, 11) is 0. The zero-order chi connectivity index (χ0) is 12.1. The molecule has 0 aliphatic rings. The Kier molecular flexibility index (Phi) is 3.54. The molecule has 0 atom stereocenters. The van der Waals surface area contributed by atoms with Gasteiger partial charge in [0.2, 0.25) is 0 Å². The average Bonchev–Trinajstić information content (AvgIpc) is 2.95. The van der Waals surface area contributed by atoms with E-state index in [0.29, 0.717) is 18.0 Å². The van der Waals surface area contributed by atoms with Gasteiger partial charge in [-0.2, -0.15) is 0 Å². The van der Waals surface area contributed by atoms with Crippen LogP contribution in [0.3, 0.4) is 0 Å². The third-order valence-corrected chi connectivity index (χ3v) is 2.29. The van der Waals surface area contributed by atoms with Gasteiger partial charge in [-0.25, -0.2) is 4.98 Å². The maximum atomic E-state index is 11.6. The minimum atomic E-state index is -0.207. The van der Waals surface area contributed by atoms with Gasteiger partial charge in [-0.1, -0.05) is 5.16 Å². The molecule has 2 N–H and O–H groups in total. The van der Waals surface area contributed by atoms with E-state index in [1.54, 1.807) is 25.4 Å². The first-order valence-electron chi connectivity index (χ1n) is 5.45. The fourth-order valence-electron chi connectivity index (χ4n) is 1.46. The second kappa shape index (κ2) is 5.29. The number of H-pyrrole nitrogens is 1. The maximum absolute atomic E-state index is 11.6. The maximum Gasteiger partial charge on any atom is 0.273 e. The van der Waals surface area contributed by atoms with Crippen molar-refractivity contribution < 1.29 is 9.32 Å². The van der Waals surface area contributed by atoms with Crippen molar-refractivity contribution in [1.82, 2.24) is 20.4 Å². The number of hydrogen-bond donors (Lipinski definition) is 2. The van der Waals surface area contributed by atoms with Crippen molar-refractivity contribution in [3.05, 3.63) is 35.7 Å². The highest BCUT2D eigenvalue weighted by atomic mass is 16.5. The quantitative estimate of drug-likeness (QED) is 0.758. The molecule has 1 amide bonds. The Labute approximate surface area is 98.4 Å². The summed E-state index contributed by atoms with van der Waals surface area (Å²) >= 11 is 0. The number of aromatic nitrogens is 3. The minimum absolute atomic E-state index is 0.207. The van der Waals surface area contributed by atoms with Crippen LogP contribution in [0.25, 0.3) is 0 Å². The first kappa shape index (κ1) is 11.4. The van der Waals surface area contributed by atoms with Crippen LogP contribution in [-0.2, 0) is 6.42 Å². The molecule has 0 spiro atoms. The second-order valence-electron chi connectivity index (χ2n) is 3.72. The lowest BCUT2D eigenvalue weighted by Gasteiger charge is -2.01. The van der Waals surface area contributed by atoms with Gasteiger partial charge in [0.1, 0.15) is 11.6 Å². The molecule has 0 unspecified atom stereocenters. The van der Waals surface area contributed by atoms with Gasteiger partial charge >= 0.3 is 0 Å². The van der Waals surface area contributed by atoms with Crippen molar-refractivity contribution >= 4 is 5.91 Å². The molecule has 90 valence electrons. The molecule has 6 heteroatoms. The Bertz CT molecular complexity index is 475. The molecular weight excluding hydrogens is 220 g/mol. The van der Waals surface area contributed by atoms with Gasteiger partial charge in [-0.15, -0.1) is 0 Å². The molecule has 17 heavy (non-hydrogen) atoms. The number of carbonyl (C=O) groups excluding carboxylic acids is 1. The average molecular weight is 234 g/mol. The van der Waals surface area contributed by atoms with Crippen LogP contribution < -0.4 is 5.32 Å². The summed E-state index contributed by atoms with van der Waals surface area (Å²) in [5.41, 5.74) is 0.320. The molecule has 0 saturated carbocycles. The van der Waals surface area contributed by atoms with Crippen LogP contribution in [0.1, 0.15) is 28.5 Å². The molecule has 2 heterocycles. The molecule has 0 saturated heterocycles. The van der Waals surface area contributed by atoms with Gasteiger partial charge in [-0.05, 0) is 13.3 Å². The van der Waals surface area contributed by atoms with Crippen LogP contribution in [0.4, 0.5) is 0 Å². The summed E-state index contributed by atoms with van der Waals surface area (Å²) in [6.07, 6.45) is 5.14. The summed E-state index contributed by atoms with van der Waals surface area (Å²) in [6, 6.07) is 1.61. The van der Waals surface area contributed by atoms with Crippen LogP contribution >= 0.6 is 0 Å². The number of imidazole rings is 1. The fourth-order valence-corrected chi connectivity index (χ4v) is 1.46. The second-order valence-corrected chi connectivity index (χ2v) is 3.72. The van der Waals surface area contributed by atoms with Gasteiger partial charge in [0.15, 0.2) is 5.69 Å². The summed E-state index contributed by atoms with van der Waals surface area (Å²) in [4.78, 5) is 18.7. The van der Waals surface area contributed by atoms with Crippen molar-refractivity contribution in [2.45, 2.75) is 19.8 Å². The number of rotatable bonds is 5. The van der Waals surface area contributed by atoms with E-state index in [0.717, 1.165) is 18.7 Å². The zero-order valence-corrected chi connectivity index (χ0v) is 9.56. The lowest BCUT2D eigenvalue weighted by molar-refractivity contribution is 0.0944. The molecule has 0 aliphatic carbocycles. The molecule has 0 aliphatic heterocycles. The highest BCUT2D eigenvalue weighted by molar-refractivity contribution is 5.92. The zero-order valence-electron chi connectivity index (χ0n) is 9.56. The molecule has 0 bridgehead atoms. The number of nitrogens with one attached hydrogen (secondary N) is 2. The van der Waals surface area contributed by atoms with Gasteiger partial charge in [0, 0.05) is 31.4 Å². The summed E-state index contributed by atoms with van der Waals surface area (Å²) in [5.74, 6) is 1.35. The largest absolute Gasteiger partial charge is 0.361 e. The van der Waals surface area contributed by atoms with E-state index in [9.17, 15) is 4.79 Å². The normalized spacial score (nSPS) is 10.4. The molecule has 0 fully saturated rings. The van der Waals surface area contributed by atoms with Gasteiger partial charge in [0.25, 0.3) is 5.91 Å². The van der Waals surface area contributed by atoms with E-state index in [4.69, 9.17) is 4.52 Å². The Morgan fingerprint density at radius 1 is 1.59 bits per heavy atom. The lowest BCUT2D eigenvalue weighted by Crippen LogP contribution is -2.25. The summed E-state index contributed by atoms with van der Waals surface area (Å²) in [6.45, 7) is 2.34. The smallest absolute Gasteiger partial charge is 0.273 e. The summed E-state index contributed by atoms with van der Waals surface area (Å²) < 4.78 is 4.83. The van der Waals surface area contributed by atoms with E-state index >= 15 is 0 Å². The van der Waals surface area contributed by atoms with Gasteiger partial charge in [-0.3, -0.25) is 4.79 Å². The van der Waals surface area contributed by atoms with E-state index in [2.05, 4.69) is 20.4 Å². The van der Waals surface area contributed by atoms with E-state index in [-0.39, 0.29) is 5.91 Å². The number of carbonyl (C=O) groups is 1. The molecule has 6 nitrogen and oxygen atoms in total. The minimum Gasteiger partial charge on any atom is -0.361 e. The number of amides is 1. The molecule has 0 aromatic carbocycles. The summed E-state index contributed by atoms with van der Waals surface area (Å²) in [5, 5.41) is 6.41. The van der Waals surface area contributed by atoms with Crippen LogP contribution in [0.2, 0.25) is 0 Å². The monoisotopic (exact) mass is 234 g/mol. The SMILES string of the molecule is Cc1cc(C(=O)NCCCc2ncc[nH]2)no1. The number of aromatic amines is 1. The Hall–Kier alpha value is -2.11. The van der Waals surface area contributed by atoms with Crippen molar-refractivity contribution in [1.29, 1.82) is 0 Å². The standard InChI is InChI=1S/C11H14N4O2/c1-8-7-9(15-17-8)11(16)14-4-2-3-10-12-5-6-13-10/h5-7H,2-4H2,1H3,(H,12,13)(H,14,16). The van der Waals surface area contributed by atoms with Crippen LogP contribution in [0.15, 0.2) is 23.0 Å². The van der Waals surface area contributed by atoms with Crippen molar-refractivity contribution in [3.8, 4) is 0 Å². The first-order valence-corrected chi connectivity index (χ1v) is 5.45. The lowest BCUT2D eigenvalue weighted by atomic mass is 10.3. The first-order chi connectivity index (χ1) is 8.25. The molecule has 0 radical (unpaired) electrons. The van der Waals surface area contributed by atoms with Crippen molar-refractivity contribution in [2.24, 2.45) is 0 Å². The van der Waals surface area contributed by atoms with E-state index in [1.165, 1.54) is 0 Å². The van der Waals surface area contributed by atoms with Gasteiger partial charge in [0.05, 0.1) is 0 Å². The number of aryl methyl sites for hydroxylation is 2. The topological polar surface area (TPSA) is 83.8 Å². The van der Waals surface area contributed by atoms with Crippen LogP contribution in [0, 0.1) is 6.92 Å². The van der Waals surface area contributed by atoms with Crippen molar-refractivity contribution in [3.63, 3.8) is 0 Å². The fraction of sp³-hybridized carbons (Fsp3) is 0.364. The molecule has 2 rings (SSSR count). The molecule has 2 aromatic rings. The van der Waals surface area contributed by atoms with E-state index < -0.39 is 0 Å². The highest BCUT2D eigenvalue weighted by Crippen LogP contribution is 2.01. The molecular formula is C11H14N4O2. The van der Waals surface area contributed by atoms with Crippen LogP contribution in [-0.4, -0.2) is 27.6 Å². The molecule has 2 aromatic heterocycles. The predicted molar refractivity (Wildman–Crippen MR) is 60.5 cm³/mol. The predicted octanol–water partition coefficient (Wildman–Crippen LogP) is 1.07. The Morgan fingerprint density at radius 2 is 2.47 bits per heavy atom. The Morgan fingerprint density at radius 3 is 3.12 bits per heavy atom. The van der Waals surface area contributed by atoms with Crippen molar-refractivity contribution in [2.75, 3.05) is 6.54 Å². The number of nitrogens with zero attached hydrogens (tertiary/aromatic N) is 2. The van der Waals surface area contributed by atoms with Crippen LogP contribution in [0.5, 0.6) is 0 Å². The highest BCUT2D eigenvalue weighted by Gasteiger charge is 2.09. The van der Waals surface area contributed by atoms with Gasteiger partial charge < -0.3 is 14.8 Å². The van der Waals surface area contributed by atoms with E-state index in [1.807, 2.05) is 0 Å². The third-order valence-electron chi connectivity index (χ3n) is 2.29.